The van der Waals surface area contributed by atoms with Gasteiger partial charge in [0.05, 0.1) is 34.3 Å². The third-order valence-electron chi connectivity index (χ3n) is 17.1. The normalized spacial score (nSPS) is 21.3. The molecule has 6 aromatic rings. The van der Waals surface area contributed by atoms with Crippen LogP contribution in [0.1, 0.15) is 136 Å². The highest BCUT2D eigenvalue weighted by atomic mass is 32.2. The van der Waals surface area contributed by atoms with Crippen molar-refractivity contribution in [1.29, 1.82) is 0 Å². The fraction of sp³-hybridized carbons (Fsp3) is 0.467. The van der Waals surface area contributed by atoms with Crippen LogP contribution in [0.5, 0.6) is 17.2 Å². The van der Waals surface area contributed by atoms with Gasteiger partial charge in [0.1, 0.15) is 28.6 Å². The number of anilines is 2. The number of hydrogen-bond acceptors (Lipinski definition) is 13. The molecule has 0 radical (unpaired) electrons. The van der Waals surface area contributed by atoms with E-state index >= 15 is 0 Å². The van der Waals surface area contributed by atoms with Gasteiger partial charge in [0.25, 0.3) is 21.6 Å². The summed E-state index contributed by atoms with van der Waals surface area (Å²) in [5.74, 6) is 1.51. The number of sulfonamides is 1. The van der Waals surface area contributed by atoms with E-state index in [4.69, 9.17) is 9.47 Å². The molecule has 1 atom stereocenters. The molecule has 4 fully saturated rings. The predicted octanol–water partition coefficient (Wildman–Crippen LogP) is 11.3. The summed E-state index contributed by atoms with van der Waals surface area (Å²) in [6, 6.07) is 28.9. The number of nitrogens with one attached hydrogen (secondary N) is 3. The molecule has 1 spiro atoms. The molecule has 4 aromatic carbocycles. The number of nitro benzene ring substituents is 1. The van der Waals surface area contributed by atoms with Gasteiger partial charge in [-0.1, -0.05) is 64.1 Å². The molecule has 4 aliphatic rings. The number of rotatable bonds is 17. The van der Waals surface area contributed by atoms with Crippen LogP contribution >= 0.6 is 0 Å². The van der Waals surface area contributed by atoms with E-state index in [1.54, 1.807) is 37.7 Å². The second-order valence-electron chi connectivity index (χ2n) is 23.1. The molecule has 2 aliphatic carbocycles. The van der Waals surface area contributed by atoms with Crippen molar-refractivity contribution >= 4 is 44.0 Å². The third-order valence-corrected chi connectivity index (χ3v) is 18.4. The van der Waals surface area contributed by atoms with Crippen LogP contribution in [0, 0.1) is 21.4 Å². The number of nitro groups is 1. The number of ether oxygens (including phenoxy) is 2. The van der Waals surface area contributed by atoms with Gasteiger partial charge in [-0.05, 0) is 146 Å². The second-order valence-corrected chi connectivity index (χ2v) is 24.8. The van der Waals surface area contributed by atoms with Crippen molar-refractivity contribution in [3.8, 4) is 17.2 Å². The minimum atomic E-state index is -4.59. The molecule has 0 bridgehead atoms. The zero-order chi connectivity index (χ0) is 54.2. The van der Waals surface area contributed by atoms with E-state index in [0.29, 0.717) is 48.7 Å². The fourth-order valence-electron chi connectivity index (χ4n) is 12.5. The number of aromatic nitrogens is 2. The predicted molar refractivity (Wildman–Crippen MR) is 301 cm³/mol. The summed E-state index contributed by atoms with van der Waals surface area (Å²) >= 11 is 0. The summed E-state index contributed by atoms with van der Waals surface area (Å²) in [5, 5.41) is 26.5. The summed E-state index contributed by atoms with van der Waals surface area (Å²) in [5.41, 5.74) is 6.08. The summed E-state index contributed by atoms with van der Waals surface area (Å²) in [6.07, 6.45) is 10.4. The number of amides is 1. The Labute approximate surface area is 452 Å². The Morgan fingerprint density at radius 1 is 0.896 bits per heavy atom. The van der Waals surface area contributed by atoms with Gasteiger partial charge in [-0.15, -0.1) is 0 Å². The van der Waals surface area contributed by atoms with Crippen molar-refractivity contribution in [2.75, 3.05) is 56.6 Å². The third kappa shape index (κ3) is 11.8. The molecule has 1 amide bonds. The van der Waals surface area contributed by atoms with Gasteiger partial charge in [0, 0.05) is 87.3 Å². The van der Waals surface area contributed by atoms with Crippen molar-refractivity contribution in [1.82, 2.24) is 24.5 Å². The molecule has 2 saturated carbocycles. The van der Waals surface area contributed by atoms with E-state index in [1.807, 2.05) is 19.1 Å². The number of benzene rings is 4. The highest BCUT2D eigenvalue weighted by Crippen LogP contribution is 2.53. The van der Waals surface area contributed by atoms with Crippen molar-refractivity contribution < 1.29 is 32.7 Å². The first-order valence-corrected chi connectivity index (χ1v) is 28.9. The molecule has 77 heavy (non-hydrogen) atoms. The number of carbonyl (C=O) groups is 1. The average Bonchev–Trinajstić information content (AvgIpc) is 3.88. The molecular formula is C60H74N8O8S. The number of nitrogens with zero attached hydrogens (tertiary/aromatic N) is 5. The van der Waals surface area contributed by atoms with Crippen molar-refractivity contribution in [3.05, 3.63) is 141 Å². The van der Waals surface area contributed by atoms with Gasteiger partial charge in [0.2, 0.25) is 0 Å². The molecule has 2 aromatic heterocycles. The Balaban J connectivity index is 0.830. The number of piperazine rings is 1. The van der Waals surface area contributed by atoms with Gasteiger partial charge >= 0.3 is 0 Å². The van der Waals surface area contributed by atoms with Crippen LogP contribution in [0.3, 0.4) is 0 Å². The lowest BCUT2D eigenvalue weighted by molar-refractivity contribution is -0.384. The van der Waals surface area contributed by atoms with Crippen molar-refractivity contribution in [2.24, 2.45) is 11.3 Å². The van der Waals surface area contributed by atoms with Gasteiger partial charge < -0.3 is 29.8 Å². The topological polar surface area (TPSA) is 195 Å². The minimum absolute atomic E-state index is 0.0292. The Morgan fingerprint density at radius 2 is 1.65 bits per heavy atom. The van der Waals surface area contributed by atoms with E-state index in [0.717, 1.165) is 101 Å². The Morgan fingerprint density at radius 3 is 2.38 bits per heavy atom. The molecule has 16 nitrogen and oxygen atoms in total. The first-order valence-electron chi connectivity index (χ1n) is 27.4. The van der Waals surface area contributed by atoms with E-state index in [1.165, 1.54) is 34.4 Å². The quantitative estimate of drug-likeness (QED) is 0.0498. The first kappa shape index (κ1) is 53.9. The second kappa shape index (κ2) is 22.1. The van der Waals surface area contributed by atoms with Gasteiger partial charge in [-0.25, -0.2) is 18.1 Å². The van der Waals surface area contributed by atoms with Crippen molar-refractivity contribution in [2.45, 2.75) is 127 Å². The molecule has 10 rings (SSSR count). The largest absolute Gasteiger partial charge is 0.496 e. The molecule has 2 aliphatic heterocycles. The molecule has 4 N–H and O–H groups in total. The highest BCUT2D eigenvalue weighted by molar-refractivity contribution is 7.90. The number of pyridine rings is 1. The number of methoxy groups -OCH3 is 1. The van der Waals surface area contributed by atoms with Crippen LogP contribution in [0.15, 0.2) is 108 Å². The van der Waals surface area contributed by atoms with Gasteiger partial charge in [-0.2, -0.15) is 0 Å². The Kier molecular flexibility index (Phi) is 15.4. The first-order chi connectivity index (χ1) is 36.9. The smallest absolute Gasteiger partial charge is 0.293 e. The summed E-state index contributed by atoms with van der Waals surface area (Å²) in [7, 11) is -2.83. The van der Waals surface area contributed by atoms with Crippen molar-refractivity contribution in [3.63, 3.8) is 0 Å². The molecule has 4 heterocycles. The number of hydrogen-bond donors (Lipinski definition) is 4. The average molecular weight is 1070 g/mol. The van der Waals surface area contributed by atoms with Crippen LogP contribution < -0.4 is 24.4 Å². The molecule has 17 heteroatoms. The Hall–Kier alpha value is -6.53. The maximum absolute atomic E-state index is 14.1. The van der Waals surface area contributed by atoms with Crippen LogP contribution in [0.25, 0.3) is 11.0 Å². The monoisotopic (exact) mass is 1070 g/mol. The summed E-state index contributed by atoms with van der Waals surface area (Å²) in [4.78, 5) is 40.6. The lowest BCUT2D eigenvalue weighted by atomic mass is 9.59. The highest BCUT2D eigenvalue weighted by Gasteiger charge is 2.50. The van der Waals surface area contributed by atoms with E-state index in [-0.39, 0.29) is 34.4 Å². The SMILES string of the molecule is COc1cc(CN2CCN(C3CC4(CCN(c5ccc(C(=O)NS(=O)(=O)c6ccc(NC[C@H]7CC[C@](C)(O)CC7)c([N+](=O)[O-])c6)c(Oc6cnc7[nH]ccc7c6)c5)CC4)C3)[C@H](c3ccccc3C(C)C)C2)ccc1C(C)C. The number of carbonyl (C=O) groups excluding carboxylic acids is 1. The zero-order valence-corrected chi connectivity index (χ0v) is 46.1. The number of H-pyrrole nitrogens is 1. The zero-order valence-electron chi connectivity index (χ0n) is 45.3. The van der Waals surface area contributed by atoms with Crippen LogP contribution in [-0.4, -0.2) is 102 Å². The number of piperidine rings is 1. The lowest BCUT2D eigenvalue weighted by Crippen LogP contribution is -2.60. The van der Waals surface area contributed by atoms with Crippen LogP contribution in [-0.2, 0) is 16.6 Å². The van der Waals surface area contributed by atoms with Gasteiger partial charge in [-0.3, -0.25) is 24.7 Å². The fourth-order valence-corrected chi connectivity index (χ4v) is 13.5. The maximum Gasteiger partial charge on any atom is 0.293 e. The molecule has 0 unspecified atom stereocenters. The maximum atomic E-state index is 14.1. The number of aromatic amines is 1. The molecule has 408 valence electrons. The van der Waals surface area contributed by atoms with E-state index < -0.39 is 37.0 Å². The molecule has 2 saturated heterocycles. The van der Waals surface area contributed by atoms with Crippen LogP contribution in [0.4, 0.5) is 17.1 Å². The van der Waals surface area contributed by atoms with E-state index in [9.17, 15) is 28.4 Å². The molecular weight excluding hydrogens is 993 g/mol. The van der Waals surface area contributed by atoms with Gasteiger partial charge in [0.15, 0.2) is 0 Å². The standard InChI is InChI=1S/C60H74N8O8S/c1-39(2)48-9-7-8-10-50(48)54-38-65(37-42-11-14-49(40(3)4)55(29-42)75-6)27-28-67(54)45-33-60(34-45)22-25-66(26-23-60)44-12-15-51(56(31-44)76-46-30-43-19-24-61-57(43)63-36-46)58(69)64-77(73,74)47-13-16-52(53(32-47)68(71)72)62-35-41-17-20-59(5,70)21-18-41/h7-16,19,24,29-32,36,39-41,45,54,62,70H,17-18,20-23,25-28,33-35,37-38H2,1-6H3,(H,61,63)(H,64,69)/t41-,54-,59-/m0/s1. The summed E-state index contributed by atoms with van der Waals surface area (Å²) in [6.45, 7) is 16.7. The van der Waals surface area contributed by atoms with E-state index in [2.05, 4.69) is 105 Å². The van der Waals surface area contributed by atoms with Crippen LogP contribution in [0.2, 0.25) is 0 Å². The number of aliphatic hydroxyl groups is 1. The number of fused-ring (bicyclic) bond motifs is 1. The minimum Gasteiger partial charge on any atom is -0.496 e. The lowest BCUT2D eigenvalue weighted by Gasteiger charge is -2.58. The summed E-state index contributed by atoms with van der Waals surface area (Å²) < 4.78 is 42.2. The Bertz CT molecular complexity index is 3220.